The van der Waals surface area contributed by atoms with Gasteiger partial charge in [0.15, 0.2) is 0 Å². The van der Waals surface area contributed by atoms with Gasteiger partial charge in [-0.2, -0.15) is 0 Å². The third kappa shape index (κ3) is 3.37. The van der Waals surface area contributed by atoms with Crippen molar-refractivity contribution >= 4 is 11.8 Å². The number of unbranched alkanes of at least 4 members (excludes halogenated alkanes) is 1. The van der Waals surface area contributed by atoms with Gasteiger partial charge in [-0.15, -0.1) is 0 Å². The number of carbonyl (C=O) groups is 2. The normalized spacial score (nSPS) is 20.0. The number of amides is 2. The topological polar surface area (TPSA) is 49.9 Å². The molecule has 1 aromatic rings. The maximum Gasteiger partial charge on any atom is 0.258 e. The van der Waals surface area contributed by atoms with Crippen LogP contribution in [0.15, 0.2) is 12.1 Å². The molecular weight excluding hydrogens is 316 g/mol. The van der Waals surface area contributed by atoms with Crippen molar-refractivity contribution in [3.63, 3.8) is 0 Å². The van der Waals surface area contributed by atoms with Crippen LogP contribution in [0.25, 0.3) is 0 Å². The van der Waals surface area contributed by atoms with Crippen LogP contribution in [-0.4, -0.2) is 54.9 Å². The predicted octanol–water partition coefficient (Wildman–Crippen LogP) is 2.66. The van der Waals surface area contributed by atoms with E-state index in [4.69, 9.17) is 4.74 Å². The molecule has 1 saturated heterocycles. The molecule has 1 atom stereocenters. The summed E-state index contributed by atoms with van der Waals surface area (Å²) in [6, 6.07) is 3.64. The lowest BCUT2D eigenvalue weighted by molar-refractivity contribution is -0.138. The average Bonchev–Trinajstić information content (AvgIpc) is 3.08. The van der Waals surface area contributed by atoms with Crippen LogP contribution < -0.4 is 4.74 Å². The Labute approximate surface area is 149 Å². The van der Waals surface area contributed by atoms with Crippen LogP contribution in [0.2, 0.25) is 0 Å². The number of hydrogen-bond donors (Lipinski definition) is 0. The van der Waals surface area contributed by atoms with E-state index >= 15 is 0 Å². The number of carbonyl (C=O) groups excluding carboxylic acids is 2. The molecule has 1 unspecified atom stereocenters. The van der Waals surface area contributed by atoms with Crippen LogP contribution in [-0.2, 0) is 17.6 Å². The molecular formula is C20H28N2O3. The first-order valence-electron chi connectivity index (χ1n) is 9.32. The average molecular weight is 344 g/mol. The van der Waals surface area contributed by atoms with Gasteiger partial charge in [0.1, 0.15) is 11.8 Å². The Hall–Kier alpha value is -2.04. The van der Waals surface area contributed by atoms with Gasteiger partial charge in [-0.25, -0.2) is 0 Å². The zero-order valence-electron chi connectivity index (χ0n) is 15.5. The molecule has 0 bridgehead atoms. The lowest BCUT2D eigenvalue weighted by Gasteiger charge is -2.39. The molecule has 2 aliphatic rings. The van der Waals surface area contributed by atoms with Gasteiger partial charge in [-0.1, -0.05) is 19.8 Å². The van der Waals surface area contributed by atoms with E-state index in [9.17, 15) is 9.59 Å². The molecule has 1 fully saturated rings. The molecule has 1 aliphatic carbocycles. The standard InChI is InChI=1S/C20H28N2O3/c1-4-5-9-17-20(24)21(2)10-11-22(17)19(23)16-12-14-7-6-8-15(14)13-18(16)25-3/h12-13,17H,4-11H2,1-3H3. The van der Waals surface area contributed by atoms with Crippen molar-refractivity contribution in [1.29, 1.82) is 0 Å². The van der Waals surface area contributed by atoms with Crippen LogP contribution in [0.1, 0.15) is 54.1 Å². The molecule has 5 nitrogen and oxygen atoms in total. The van der Waals surface area contributed by atoms with E-state index in [0.717, 1.165) is 38.5 Å². The van der Waals surface area contributed by atoms with Crippen molar-refractivity contribution < 1.29 is 14.3 Å². The minimum absolute atomic E-state index is 0.0492. The van der Waals surface area contributed by atoms with E-state index < -0.39 is 0 Å². The third-order valence-corrected chi connectivity index (χ3v) is 5.45. The van der Waals surface area contributed by atoms with Gasteiger partial charge in [0.2, 0.25) is 5.91 Å². The Morgan fingerprint density at radius 2 is 1.96 bits per heavy atom. The second kappa shape index (κ2) is 7.46. The maximum absolute atomic E-state index is 13.3. The molecule has 136 valence electrons. The number of methoxy groups -OCH3 is 1. The molecule has 2 amide bonds. The van der Waals surface area contributed by atoms with Crippen LogP contribution in [0.3, 0.4) is 0 Å². The first-order chi connectivity index (χ1) is 12.1. The Kier molecular flexibility index (Phi) is 5.30. The summed E-state index contributed by atoms with van der Waals surface area (Å²) in [6.07, 6.45) is 5.86. The van der Waals surface area contributed by atoms with E-state index in [2.05, 4.69) is 6.92 Å². The Balaban J connectivity index is 1.91. The van der Waals surface area contributed by atoms with Gasteiger partial charge in [-0.3, -0.25) is 9.59 Å². The number of likely N-dealkylation sites (N-methyl/N-ethyl adjacent to an activating group) is 1. The fraction of sp³-hybridized carbons (Fsp3) is 0.600. The monoisotopic (exact) mass is 344 g/mol. The van der Waals surface area contributed by atoms with Crippen LogP contribution in [0.4, 0.5) is 0 Å². The number of benzene rings is 1. The van der Waals surface area contributed by atoms with Gasteiger partial charge in [0.25, 0.3) is 5.91 Å². The van der Waals surface area contributed by atoms with Gasteiger partial charge in [0.05, 0.1) is 12.7 Å². The first kappa shape index (κ1) is 17.8. The van der Waals surface area contributed by atoms with Crippen molar-refractivity contribution in [3.05, 3.63) is 28.8 Å². The van der Waals surface area contributed by atoms with E-state index in [1.807, 2.05) is 19.2 Å². The molecule has 0 aromatic heterocycles. The summed E-state index contributed by atoms with van der Waals surface area (Å²) >= 11 is 0. The van der Waals surface area contributed by atoms with Gasteiger partial charge < -0.3 is 14.5 Å². The molecule has 0 radical (unpaired) electrons. The number of aryl methyl sites for hydroxylation is 2. The van der Waals surface area contributed by atoms with Gasteiger partial charge in [0, 0.05) is 20.1 Å². The molecule has 0 saturated carbocycles. The van der Waals surface area contributed by atoms with Crippen molar-refractivity contribution in [3.8, 4) is 5.75 Å². The van der Waals surface area contributed by atoms with Gasteiger partial charge >= 0.3 is 0 Å². The lowest BCUT2D eigenvalue weighted by Crippen LogP contribution is -2.57. The minimum Gasteiger partial charge on any atom is -0.496 e. The quantitative estimate of drug-likeness (QED) is 0.825. The SMILES string of the molecule is CCCCC1C(=O)N(C)CCN1C(=O)c1cc2c(cc1OC)CCC2. The molecule has 0 spiro atoms. The zero-order chi connectivity index (χ0) is 18.0. The fourth-order valence-electron chi connectivity index (χ4n) is 3.92. The predicted molar refractivity (Wildman–Crippen MR) is 97.0 cm³/mol. The summed E-state index contributed by atoms with van der Waals surface area (Å²) < 4.78 is 5.50. The first-order valence-corrected chi connectivity index (χ1v) is 9.32. The largest absolute Gasteiger partial charge is 0.496 e. The van der Waals surface area contributed by atoms with Gasteiger partial charge in [-0.05, 0) is 48.9 Å². The molecule has 1 aromatic carbocycles. The van der Waals surface area contributed by atoms with Crippen LogP contribution >= 0.6 is 0 Å². The molecule has 1 heterocycles. The van der Waals surface area contributed by atoms with E-state index in [1.54, 1.807) is 16.9 Å². The summed E-state index contributed by atoms with van der Waals surface area (Å²) in [4.78, 5) is 29.4. The van der Waals surface area contributed by atoms with Crippen molar-refractivity contribution in [2.45, 2.75) is 51.5 Å². The Morgan fingerprint density at radius 1 is 1.24 bits per heavy atom. The summed E-state index contributed by atoms with van der Waals surface area (Å²) in [5.74, 6) is 0.605. The minimum atomic E-state index is -0.357. The van der Waals surface area contributed by atoms with E-state index in [0.29, 0.717) is 24.4 Å². The number of fused-ring (bicyclic) bond motifs is 1. The smallest absolute Gasteiger partial charge is 0.258 e. The van der Waals surface area contributed by atoms with Crippen molar-refractivity contribution in [2.24, 2.45) is 0 Å². The summed E-state index contributed by atoms with van der Waals surface area (Å²) in [5, 5.41) is 0. The summed E-state index contributed by atoms with van der Waals surface area (Å²) in [7, 11) is 3.43. The van der Waals surface area contributed by atoms with Crippen LogP contribution in [0.5, 0.6) is 5.75 Å². The van der Waals surface area contributed by atoms with Crippen molar-refractivity contribution in [2.75, 3.05) is 27.2 Å². The van der Waals surface area contributed by atoms with E-state index in [1.165, 1.54) is 11.1 Å². The highest BCUT2D eigenvalue weighted by Gasteiger charge is 2.37. The molecule has 1 aliphatic heterocycles. The summed E-state index contributed by atoms with van der Waals surface area (Å²) in [6.45, 7) is 3.27. The Morgan fingerprint density at radius 3 is 2.64 bits per heavy atom. The highest BCUT2D eigenvalue weighted by atomic mass is 16.5. The Bertz CT molecular complexity index is 671. The molecule has 25 heavy (non-hydrogen) atoms. The number of hydrogen-bond acceptors (Lipinski definition) is 3. The molecule has 5 heteroatoms. The second-order valence-electron chi connectivity index (χ2n) is 7.09. The third-order valence-electron chi connectivity index (χ3n) is 5.45. The number of nitrogens with zero attached hydrogens (tertiary/aromatic N) is 2. The van der Waals surface area contributed by atoms with Crippen LogP contribution in [0, 0.1) is 0 Å². The fourth-order valence-corrected chi connectivity index (χ4v) is 3.92. The number of rotatable bonds is 5. The number of piperazine rings is 1. The highest BCUT2D eigenvalue weighted by molar-refractivity contribution is 6.00. The maximum atomic E-state index is 13.3. The molecule has 3 rings (SSSR count). The number of ether oxygens (including phenoxy) is 1. The zero-order valence-corrected chi connectivity index (χ0v) is 15.5. The highest BCUT2D eigenvalue weighted by Crippen LogP contribution is 2.31. The molecule has 0 N–H and O–H groups in total. The lowest BCUT2D eigenvalue weighted by atomic mass is 10.0. The van der Waals surface area contributed by atoms with Crippen molar-refractivity contribution in [1.82, 2.24) is 9.80 Å². The van der Waals surface area contributed by atoms with E-state index in [-0.39, 0.29) is 17.9 Å². The second-order valence-corrected chi connectivity index (χ2v) is 7.09. The summed E-state index contributed by atoms with van der Waals surface area (Å²) in [5.41, 5.74) is 3.13.